The molecule has 0 unspecified atom stereocenters. The van der Waals surface area contributed by atoms with Gasteiger partial charge in [0.2, 0.25) is 0 Å². The fraction of sp³-hybridized carbons (Fsp3) is 0.350. The second kappa shape index (κ2) is 11.8. The van der Waals surface area contributed by atoms with Crippen LogP contribution in [0.3, 0.4) is 0 Å². The Kier molecular flexibility index (Phi) is 10.1. The predicted molar refractivity (Wildman–Crippen MR) is 114 cm³/mol. The van der Waals surface area contributed by atoms with Crippen molar-refractivity contribution in [3.63, 3.8) is 0 Å². The van der Waals surface area contributed by atoms with Crippen LogP contribution in [0, 0.1) is 10.1 Å². The van der Waals surface area contributed by atoms with E-state index in [-0.39, 0.29) is 42.7 Å². The van der Waals surface area contributed by atoms with Crippen LogP contribution in [0.15, 0.2) is 54.6 Å². The van der Waals surface area contributed by atoms with Crippen molar-refractivity contribution in [2.24, 2.45) is 0 Å². The lowest BCUT2D eigenvalue weighted by atomic mass is 10.1. The van der Waals surface area contributed by atoms with Gasteiger partial charge < -0.3 is 0 Å². The molecule has 0 N–H and O–H groups in total. The van der Waals surface area contributed by atoms with Gasteiger partial charge in [0.15, 0.2) is 5.78 Å². The van der Waals surface area contributed by atoms with Gasteiger partial charge in [0.05, 0.1) is 11.5 Å². The monoisotopic (exact) mass is 425 g/mol. The summed E-state index contributed by atoms with van der Waals surface area (Å²) in [5.74, 6) is 0.0239. The van der Waals surface area contributed by atoms with E-state index in [1.54, 1.807) is 18.2 Å². The maximum atomic E-state index is 12.4. The molecule has 6 nitrogen and oxygen atoms in total. The van der Waals surface area contributed by atoms with Crippen LogP contribution < -0.4 is 0 Å². The molecule has 1 heterocycles. The zero-order valence-corrected chi connectivity index (χ0v) is 17.2. The maximum Gasteiger partial charge on any atom is 0.273 e. The summed E-state index contributed by atoms with van der Waals surface area (Å²) in [5.41, 5.74) is 1.81. The lowest BCUT2D eigenvalue weighted by Gasteiger charge is -2.34. The summed E-state index contributed by atoms with van der Waals surface area (Å²) in [5, 5.41) is 11.1. The van der Waals surface area contributed by atoms with Crippen molar-refractivity contribution >= 4 is 36.3 Å². The second-order valence-electron chi connectivity index (χ2n) is 6.64. The van der Waals surface area contributed by atoms with E-state index in [0.717, 1.165) is 32.7 Å². The standard InChI is InChI=1S/C20H23N3O3.2ClH/c24-19(14-18-8-4-5-9-20(18)23(25)26)16-22-12-10-21(11-13-22)15-17-6-2-1-3-7-17;;/h1-9H,10-16H2;2*1H. The number of Topliss-reactive ketones (excluding diaryl/α,β-unsaturated/α-hetero) is 1. The summed E-state index contributed by atoms with van der Waals surface area (Å²) in [6.07, 6.45) is 0.112. The molecular formula is C20H25Cl2N3O3. The normalized spacial score (nSPS) is 14.6. The minimum atomic E-state index is -0.426. The molecule has 1 fully saturated rings. The molecule has 1 aliphatic heterocycles. The van der Waals surface area contributed by atoms with E-state index in [4.69, 9.17) is 0 Å². The Morgan fingerprint density at radius 2 is 1.46 bits per heavy atom. The number of nitro groups is 1. The van der Waals surface area contributed by atoms with Gasteiger partial charge in [-0.05, 0) is 5.56 Å². The molecule has 0 spiro atoms. The van der Waals surface area contributed by atoms with Crippen molar-refractivity contribution in [2.45, 2.75) is 13.0 Å². The Balaban J connectivity index is 0.00000196. The van der Waals surface area contributed by atoms with Gasteiger partial charge >= 0.3 is 0 Å². The molecule has 2 aromatic carbocycles. The third-order valence-corrected chi connectivity index (χ3v) is 4.69. The molecular weight excluding hydrogens is 401 g/mol. The molecule has 0 aromatic heterocycles. The van der Waals surface area contributed by atoms with Gasteiger partial charge in [-0.1, -0.05) is 48.5 Å². The summed E-state index contributed by atoms with van der Waals surface area (Å²) in [6, 6.07) is 16.8. The van der Waals surface area contributed by atoms with E-state index in [1.165, 1.54) is 11.6 Å². The van der Waals surface area contributed by atoms with E-state index in [9.17, 15) is 14.9 Å². The van der Waals surface area contributed by atoms with Crippen LogP contribution in [0.2, 0.25) is 0 Å². The van der Waals surface area contributed by atoms with Gasteiger partial charge in [0.1, 0.15) is 0 Å². The van der Waals surface area contributed by atoms with Crippen molar-refractivity contribution in [3.05, 3.63) is 75.8 Å². The third-order valence-electron chi connectivity index (χ3n) is 4.69. The van der Waals surface area contributed by atoms with Crippen molar-refractivity contribution < 1.29 is 9.72 Å². The zero-order chi connectivity index (χ0) is 18.4. The number of nitrogens with zero attached hydrogens (tertiary/aromatic N) is 3. The minimum absolute atomic E-state index is 0. The highest BCUT2D eigenvalue weighted by Crippen LogP contribution is 2.18. The Bertz CT molecular complexity index is 766. The molecule has 0 aliphatic carbocycles. The van der Waals surface area contributed by atoms with Crippen LogP contribution in [0.25, 0.3) is 0 Å². The highest BCUT2D eigenvalue weighted by atomic mass is 35.5. The third kappa shape index (κ3) is 6.87. The molecule has 1 saturated heterocycles. The molecule has 0 amide bonds. The van der Waals surface area contributed by atoms with Crippen molar-refractivity contribution in [2.75, 3.05) is 32.7 Å². The van der Waals surface area contributed by atoms with E-state index in [1.807, 2.05) is 18.2 Å². The molecule has 8 heteroatoms. The summed E-state index contributed by atoms with van der Waals surface area (Å²) >= 11 is 0. The van der Waals surface area contributed by atoms with Crippen molar-refractivity contribution in [1.82, 2.24) is 9.80 Å². The van der Waals surface area contributed by atoms with Gasteiger partial charge in [-0.2, -0.15) is 0 Å². The van der Waals surface area contributed by atoms with E-state index in [2.05, 4.69) is 21.9 Å². The van der Waals surface area contributed by atoms with Crippen LogP contribution in [-0.4, -0.2) is 53.2 Å². The van der Waals surface area contributed by atoms with Crippen LogP contribution in [0.5, 0.6) is 0 Å². The van der Waals surface area contributed by atoms with Crippen molar-refractivity contribution in [1.29, 1.82) is 0 Å². The second-order valence-corrected chi connectivity index (χ2v) is 6.64. The first-order valence-electron chi connectivity index (χ1n) is 8.84. The van der Waals surface area contributed by atoms with Crippen LogP contribution in [-0.2, 0) is 17.8 Å². The number of piperazine rings is 1. The molecule has 1 aliphatic rings. The van der Waals surface area contributed by atoms with E-state index >= 15 is 0 Å². The first-order valence-corrected chi connectivity index (χ1v) is 8.84. The molecule has 0 saturated carbocycles. The van der Waals surface area contributed by atoms with Crippen LogP contribution in [0.1, 0.15) is 11.1 Å². The lowest BCUT2D eigenvalue weighted by molar-refractivity contribution is -0.385. The average molecular weight is 426 g/mol. The van der Waals surface area contributed by atoms with E-state index in [0.29, 0.717) is 12.1 Å². The fourth-order valence-electron chi connectivity index (χ4n) is 3.30. The highest BCUT2D eigenvalue weighted by molar-refractivity contribution is 5.85. The Hall–Kier alpha value is -1.99. The summed E-state index contributed by atoms with van der Waals surface area (Å²) in [6.45, 7) is 4.82. The highest BCUT2D eigenvalue weighted by Gasteiger charge is 2.21. The Morgan fingerprint density at radius 1 is 0.893 bits per heavy atom. The van der Waals surface area contributed by atoms with Crippen LogP contribution in [0.4, 0.5) is 5.69 Å². The first-order chi connectivity index (χ1) is 12.6. The van der Waals surface area contributed by atoms with Gasteiger partial charge in [-0.25, -0.2) is 0 Å². The van der Waals surface area contributed by atoms with Crippen molar-refractivity contribution in [3.8, 4) is 0 Å². The van der Waals surface area contributed by atoms with E-state index < -0.39 is 4.92 Å². The number of benzene rings is 2. The SMILES string of the molecule is Cl.Cl.O=C(Cc1ccccc1[N+](=O)[O-])CN1CCN(Cc2ccccc2)CC1. The number of hydrogen-bond acceptors (Lipinski definition) is 5. The predicted octanol–water partition coefficient (Wildman–Crippen LogP) is 3.37. The average Bonchev–Trinajstić information content (AvgIpc) is 2.64. The number of nitro benzene ring substituents is 1. The first kappa shape index (κ1) is 24.0. The minimum Gasteiger partial charge on any atom is -0.298 e. The van der Waals surface area contributed by atoms with Gasteiger partial charge in [-0.3, -0.25) is 24.7 Å². The number of rotatable bonds is 7. The van der Waals surface area contributed by atoms with Gasteiger partial charge in [0, 0.05) is 50.8 Å². The number of hydrogen-bond donors (Lipinski definition) is 0. The topological polar surface area (TPSA) is 66.7 Å². The Morgan fingerprint density at radius 3 is 2.11 bits per heavy atom. The zero-order valence-electron chi connectivity index (χ0n) is 15.5. The maximum absolute atomic E-state index is 12.4. The summed E-state index contributed by atoms with van der Waals surface area (Å²) in [4.78, 5) is 27.5. The molecule has 2 aromatic rings. The summed E-state index contributed by atoms with van der Waals surface area (Å²) in [7, 11) is 0. The Labute approximate surface area is 177 Å². The number of halogens is 2. The number of para-hydroxylation sites is 1. The molecule has 0 atom stereocenters. The molecule has 0 radical (unpaired) electrons. The molecule has 0 bridgehead atoms. The van der Waals surface area contributed by atoms with Gasteiger partial charge in [0.25, 0.3) is 5.69 Å². The number of ketones is 1. The quantitative estimate of drug-likeness (QED) is 0.502. The fourth-order valence-corrected chi connectivity index (χ4v) is 3.30. The molecule has 28 heavy (non-hydrogen) atoms. The molecule has 152 valence electrons. The number of carbonyl (C=O) groups is 1. The largest absolute Gasteiger partial charge is 0.298 e. The lowest BCUT2D eigenvalue weighted by Crippen LogP contribution is -2.47. The number of carbonyl (C=O) groups excluding carboxylic acids is 1. The molecule has 3 rings (SSSR count). The summed E-state index contributed by atoms with van der Waals surface area (Å²) < 4.78 is 0. The van der Waals surface area contributed by atoms with Crippen LogP contribution >= 0.6 is 24.8 Å². The smallest absolute Gasteiger partial charge is 0.273 e. The van der Waals surface area contributed by atoms with Gasteiger partial charge in [-0.15, -0.1) is 24.8 Å².